The number of hydrogen-bond acceptors (Lipinski definition) is 3. The monoisotopic (exact) mass is 293 g/mol. The van der Waals surface area contributed by atoms with Crippen molar-refractivity contribution in [1.29, 1.82) is 0 Å². The highest BCUT2D eigenvalue weighted by Gasteiger charge is 2.13. The topological polar surface area (TPSA) is 44.5 Å². The van der Waals surface area contributed by atoms with E-state index in [1.807, 2.05) is 12.1 Å². The summed E-state index contributed by atoms with van der Waals surface area (Å²) in [4.78, 5) is 0. The molecule has 1 aromatic rings. The van der Waals surface area contributed by atoms with Gasteiger partial charge < -0.3 is 15.2 Å². The minimum atomic E-state index is 0.0594. The van der Waals surface area contributed by atoms with E-state index in [1.54, 1.807) is 0 Å². The molecule has 2 N–H and O–H groups in total. The molecule has 0 aliphatic rings. The minimum absolute atomic E-state index is 0.0594. The van der Waals surface area contributed by atoms with E-state index in [0.29, 0.717) is 19.1 Å². The molecule has 3 nitrogen and oxygen atoms in total. The fourth-order valence-corrected chi connectivity index (χ4v) is 2.15. The van der Waals surface area contributed by atoms with Crippen LogP contribution in [0.5, 0.6) is 11.5 Å². The quantitative estimate of drug-likeness (QED) is 0.680. The van der Waals surface area contributed by atoms with Gasteiger partial charge in [-0.15, -0.1) is 0 Å². The van der Waals surface area contributed by atoms with Gasteiger partial charge in [0.1, 0.15) is 0 Å². The lowest BCUT2D eigenvalue weighted by molar-refractivity contribution is 0.268. The van der Waals surface area contributed by atoms with Crippen LogP contribution in [-0.2, 0) is 0 Å². The van der Waals surface area contributed by atoms with Gasteiger partial charge in [0.05, 0.1) is 13.2 Å². The molecule has 120 valence electrons. The molecule has 1 rings (SSSR count). The standard InChI is InChI=1S/C18H31NO2/c1-5-10-20-17-9-8-15(13-18(17)21-11-6-2)16(19)12-14(4)7-3/h8-9,13-14,16H,5-7,10-12,19H2,1-4H3. The van der Waals surface area contributed by atoms with E-state index >= 15 is 0 Å². The van der Waals surface area contributed by atoms with Crippen molar-refractivity contribution >= 4 is 0 Å². The molecule has 0 heterocycles. The number of nitrogens with two attached hydrogens (primary N) is 1. The van der Waals surface area contributed by atoms with Crippen LogP contribution in [0.4, 0.5) is 0 Å². The van der Waals surface area contributed by atoms with Gasteiger partial charge in [-0.1, -0.05) is 40.2 Å². The van der Waals surface area contributed by atoms with Crippen molar-refractivity contribution in [1.82, 2.24) is 0 Å². The molecule has 1 aromatic carbocycles. The van der Waals surface area contributed by atoms with Crippen molar-refractivity contribution < 1.29 is 9.47 Å². The molecule has 0 amide bonds. The summed E-state index contributed by atoms with van der Waals surface area (Å²) in [5, 5.41) is 0. The van der Waals surface area contributed by atoms with Crippen LogP contribution in [0.3, 0.4) is 0 Å². The van der Waals surface area contributed by atoms with Gasteiger partial charge in [-0.3, -0.25) is 0 Å². The Labute approximate surface area is 129 Å². The predicted octanol–water partition coefficient (Wildman–Crippen LogP) is 4.70. The third-order valence-corrected chi connectivity index (χ3v) is 3.67. The van der Waals surface area contributed by atoms with E-state index in [-0.39, 0.29) is 6.04 Å². The summed E-state index contributed by atoms with van der Waals surface area (Å²) in [6.45, 7) is 10.1. The maximum absolute atomic E-state index is 6.32. The molecule has 0 saturated heterocycles. The lowest BCUT2D eigenvalue weighted by atomic mass is 9.95. The summed E-state index contributed by atoms with van der Waals surface area (Å²) in [6.07, 6.45) is 4.13. The summed E-state index contributed by atoms with van der Waals surface area (Å²) in [6, 6.07) is 6.17. The number of ether oxygens (including phenoxy) is 2. The zero-order chi connectivity index (χ0) is 15.7. The molecule has 0 spiro atoms. The van der Waals surface area contributed by atoms with Gasteiger partial charge in [-0.05, 0) is 42.9 Å². The van der Waals surface area contributed by atoms with Gasteiger partial charge in [0.15, 0.2) is 11.5 Å². The Morgan fingerprint density at radius 2 is 1.62 bits per heavy atom. The molecule has 0 aromatic heterocycles. The Kier molecular flexibility index (Phi) is 8.21. The molecule has 0 radical (unpaired) electrons. The molecular weight excluding hydrogens is 262 g/mol. The highest BCUT2D eigenvalue weighted by Crippen LogP contribution is 2.32. The highest BCUT2D eigenvalue weighted by atomic mass is 16.5. The lowest BCUT2D eigenvalue weighted by Gasteiger charge is -2.19. The van der Waals surface area contributed by atoms with Gasteiger partial charge >= 0.3 is 0 Å². The Bertz CT molecular complexity index is 406. The van der Waals surface area contributed by atoms with Crippen LogP contribution in [0.15, 0.2) is 18.2 Å². The van der Waals surface area contributed by atoms with Crippen molar-refractivity contribution in [2.24, 2.45) is 11.7 Å². The van der Waals surface area contributed by atoms with Crippen LogP contribution in [0.2, 0.25) is 0 Å². The Hall–Kier alpha value is -1.22. The Balaban J connectivity index is 2.86. The number of hydrogen-bond donors (Lipinski definition) is 1. The molecule has 0 aliphatic carbocycles. The van der Waals surface area contributed by atoms with Crippen molar-refractivity contribution in [2.75, 3.05) is 13.2 Å². The van der Waals surface area contributed by atoms with Gasteiger partial charge in [0, 0.05) is 6.04 Å². The molecule has 3 heteroatoms. The summed E-state index contributed by atoms with van der Waals surface area (Å²) in [5.74, 6) is 2.28. The first-order valence-electron chi connectivity index (χ1n) is 8.27. The van der Waals surface area contributed by atoms with E-state index in [0.717, 1.165) is 42.7 Å². The third kappa shape index (κ3) is 5.96. The highest BCUT2D eigenvalue weighted by molar-refractivity contribution is 5.44. The summed E-state index contributed by atoms with van der Waals surface area (Å²) < 4.78 is 11.6. The van der Waals surface area contributed by atoms with Crippen LogP contribution in [0.25, 0.3) is 0 Å². The third-order valence-electron chi connectivity index (χ3n) is 3.67. The summed E-state index contributed by atoms with van der Waals surface area (Å²) in [7, 11) is 0. The second-order valence-corrected chi connectivity index (χ2v) is 5.76. The van der Waals surface area contributed by atoms with Gasteiger partial charge in [0.2, 0.25) is 0 Å². The van der Waals surface area contributed by atoms with Crippen LogP contribution in [0.1, 0.15) is 65.0 Å². The van der Waals surface area contributed by atoms with Crippen molar-refractivity contribution in [3.05, 3.63) is 23.8 Å². The molecule has 0 saturated carbocycles. The first-order chi connectivity index (χ1) is 10.1. The second kappa shape index (κ2) is 9.67. The lowest BCUT2D eigenvalue weighted by Crippen LogP contribution is -2.14. The molecule has 0 aliphatic heterocycles. The maximum atomic E-state index is 6.32. The molecule has 21 heavy (non-hydrogen) atoms. The molecule has 0 bridgehead atoms. The molecule has 2 atom stereocenters. The van der Waals surface area contributed by atoms with Crippen LogP contribution in [0, 0.1) is 5.92 Å². The fraction of sp³-hybridized carbons (Fsp3) is 0.667. The maximum Gasteiger partial charge on any atom is 0.161 e. The van der Waals surface area contributed by atoms with Crippen LogP contribution < -0.4 is 15.2 Å². The van der Waals surface area contributed by atoms with E-state index in [9.17, 15) is 0 Å². The summed E-state index contributed by atoms with van der Waals surface area (Å²) in [5.41, 5.74) is 7.45. The van der Waals surface area contributed by atoms with Crippen LogP contribution in [-0.4, -0.2) is 13.2 Å². The Morgan fingerprint density at radius 3 is 2.19 bits per heavy atom. The minimum Gasteiger partial charge on any atom is -0.490 e. The zero-order valence-corrected chi connectivity index (χ0v) is 14.0. The summed E-state index contributed by atoms with van der Waals surface area (Å²) >= 11 is 0. The van der Waals surface area contributed by atoms with Crippen LogP contribution >= 0.6 is 0 Å². The normalized spacial score (nSPS) is 13.8. The number of benzene rings is 1. The van der Waals surface area contributed by atoms with Gasteiger partial charge in [-0.25, -0.2) is 0 Å². The second-order valence-electron chi connectivity index (χ2n) is 5.76. The van der Waals surface area contributed by atoms with E-state index in [4.69, 9.17) is 15.2 Å². The van der Waals surface area contributed by atoms with Gasteiger partial charge in [-0.2, -0.15) is 0 Å². The first-order valence-corrected chi connectivity index (χ1v) is 8.27. The first kappa shape index (κ1) is 17.8. The Morgan fingerprint density at radius 1 is 1.00 bits per heavy atom. The van der Waals surface area contributed by atoms with Gasteiger partial charge in [0.25, 0.3) is 0 Å². The molecule has 2 unspecified atom stereocenters. The average molecular weight is 293 g/mol. The van der Waals surface area contributed by atoms with E-state index in [2.05, 4.69) is 33.8 Å². The average Bonchev–Trinajstić information content (AvgIpc) is 2.50. The largest absolute Gasteiger partial charge is 0.490 e. The van der Waals surface area contributed by atoms with E-state index < -0.39 is 0 Å². The SMILES string of the molecule is CCCOc1ccc(C(N)CC(C)CC)cc1OCCC. The van der Waals surface area contributed by atoms with Crippen molar-refractivity contribution in [3.8, 4) is 11.5 Å². The van der Waals surface area contributed by atoms with Crippen molar-refractivity contribution in [2.45, 2.75) is 59.4 Å². The number of rotatable bonds is 10. The smallest absolute Gasteiger partial charge is 0.161 e. The predicted molar refractivity (Wildman–Crippen MR) is 89.0 cm³/mol. The fourth-order valence-electron chi connectivity index (χ4n) is 2.15. The molecular formula is C18H31NO2. The van der Waals surface area contributed by atoms with Crippen molar-refractivity contribution in [3.63, 3.8) is 0 Å². The molecule has 0 fully saturated rings. The zero-order valence-electron chi connectivity index (χ0n) is 14.0. The van der Waals surface area contributed by atoms with E-state index in [1.165, 1.54) is 0 Å².